The molecule has 0 aromatic heterocycles. The Bertz CT molecular complexity index is 372. The first-order chi connectivity index (χ1) is 6.74. The van der Waals surface area contributed by atoms with Crippen LogP contribution in [0.2, 0.25) is 0 Å². The summed E-state index contributed by atoms with van der Waals surface area (Å²) in [7, 11) is 0. The van der Waals surface area contributed by atoms with Crippen LogP contribution in [0.5, 0.6) is 0 Å². The Morgan fingerprint density at radius 3 is 2.71 bits per heavy atom. The molecule has 3 aliphatic carbocycles. The van der Waals surface area contributed by atoms with Gasteiger partial charge in [-0.25, -0.2) is 4.39 Å². The molecule has 3 aliphatic rings. The predicted molar refractivity (Wildman–Crippen MR) is 51.4 cm³/mol. The van der Waals surface area contributed by atoms with Gasteiger partial charge in [0.1, 0.15) is 5.82 Å². The summed E-state index contributed by atoms with van der Waals surface area (Å²) in [6.45, 7) is 0. The van der Waals surface area contributed by atoms with E-state index in [0.717, 1.165) is 24.8 Å². The average molecular weight is 192 g/mol. The number of aliphatic hydroxyl groups is 1. The maximum Gasteiger partial charge on any atom is 0.127 e. The van der Waals surface area contributed by atoms with Crippen LogP contribution in [0, 0.1) is 11.7 Å². The molecule has 2 heteroatoms. The Kier molecular flexibility index (Phi) is 1.55. The van der Waals surface area contributed by atoms with Gasteiger partial charge < -0.3 is 5.11 Å². The van der Waals surface area contributed by atoms with E-state index in [9.17, 15) is 9.50 Å². The van der Waals surface area contributed by atoms with E-state index in [2.05, 4.69) is 0 Å². The van der Waals surface area contributed by atoms with E-state index >= 15 is 0 Å². The second kappa shape index (κ2) is 2.57. The highest BCUT2D eigenvalue weighted by atomic mass is 19.1. The van der Waals surface area contributed by atoms with Crippen molar-refractivity contribution in [1.29, 1.82) is 0 Å². The Hall–Kier alpha value is -0.890. The van der Waals surface area contributed by atoms with Crippen molar-refractivity contribution in [2.75, 3.05) is 0 Å². The number of hydrogen-bond acceptors (Lipinski definition) is 1. The van der Waals surface area contributed by atoms with Crippen LogP contribution in [0.15, 0.2) is 24.3 Å². The van der Waals surface area contributed by atoms with E-state index in [4.69, 9.17) is 0 Å². The molecule has 3 fully saturated rings. The summed E-state index contributed by atoms with van der Waals surface area (Å²) in [6, 6.07) is 6.86. The maximum absolute atomic E-state index is 13.6. The third-order valence-corrected chi connectivity index (χ3v) is 4.01. The van der Waals surface area contributed by atoms with E-state index in [1.54, 1.807) is 6.07 Å². The largest absolute Gasteiger partial charge is 0.392 e. The van der Waals surface area contributed by atoms with Crippen LogP contribution < -0.4 is 0 Å². The minimum Gasteiger partial charge on any atom is -0.392 e. The SMILES string of the molecule is OC1C2CCC1(c1ccccc1F)C2. The highest BCUT2D eigenvalue weighted by Gasteiger charge is 2.60. The van der Waals surface area contributed by atoms with Crippen molar-refractivity contribution in [3.05, 3.63) is 35.6 Å². The molecular weight excluding hydrogens is 179 g/mol. The zero-order valence-electron chi connectivity index (χ0n) is 7.91. The van der Waals surface area contributed by atoms with E-state index in [-0.39, 0.29) is 17.3 Å². The van der Waals surface area contributed by atoms with E-state index in [0.29, 0.717) is 5.92 Å². The number of rotatable bonds is 1. The summed E-state index contributed by atoms with van der Waals surface area (Å²) in [5, 5.41) is 9.91. The molecule has 14 heavy (non-hydrogen) atoms. The van der Waals surface area contributed by atoms with Gasteiger partial charge in [-0.05, 0) is 36.8 Å². The molecule has 1 N–H and O–H groups in total. The molecule has 4 rings (SSSR count). The van der Waals surface area contributed by atoms with Gasteiger partial charge in [0, 0.05) is 5.41 Å². The zero-order chi connectivity index (χ0) is 9.76. The Morgan fingerprint density at radius 1 is 1.36 bits per heavy atom. The molecule has 2 bridgehead atoms. The first kappa shape index (κ1) is 8.42. The number of benzene rings is 1. The molecule has 0 aliphatic heterocycles. The number of aliphatic hydroxyl groups excluding tert-OH is 1. The van der Waals surface area contributed by atoms with E-state index in [1.165, 1.54) is 6.07 Å². The fraction of sp³-hybridized carbons (Fsp3) is 0.500. The summed E-state index contributed by atoms with van der Waals surface area (Å²) < 4.78 is 13.6. The van der Waals surface area contributed by atoms with Gasteiger partial charge in [0.05, 0.1) is 6.10 Å². The van der Waals surface area contributed by atoms with Gasteiger partial charge in [-0.1, -0.05) is 18.2 Å². The summed E-state index contributed by atoms with van der Waals surface area (Å²) in [5.74, 6) is 0.265. The molecule has 0 heterocycles. The van der Waals surface area contributed by atoms with Crippen molar-refractivity contribution in [2.24, 2.45) is 5.92 Å². The highest BCUT2D eigenvalue weighted by Crippen LogP contribution is 2.60. The lowest BCUT2D eigenvalue weighted by Crippen LogP contribution is -2.49. The molecule has 74 valence electrons. The van der Waals surface area contributed by atoms with Gasteiger partial charge in [0.15, 0.2) is 0 Å². The quantitative estimate of drug-likeness (QED) is 0.723. The van der Waals surface area contributed by atoms with E-state index in [1.807, 2.05) is 12.1 Å². The van der Waals surface area contributed by atoms with Crippen molar-refractivity contribution in [3.63, 3.8) is 0 Å². The monoisotopic (exact) mass is 192 g/mol. The van der Waals surface area contributed by atoms with Crippen molar-refractivity contribution in [1.82, 2.24) is 0 Å². The molecule has 0 saturated heterocycles. The third kappa shape index (κ3) is 0.825. The lowest BCUT2D eigenvalue weighted by atomic mass is 9.63. The van der Waals surface area contributed by atoms with Gasteiger partial charge in [0.25, 0.3) is 0 Å². The van der Waals surface area contributed by atoms with E-state index < -0.39 is 0 Å². The number of halogens is 1. The van der Waals surface area contributed by atoms with Gasteiger partial charge in [0.2, 0.25) is 0 Å². The predicted octanol–water partition coefficient (Wildman–Crippen LogP) is 2.24. The van der Waals surface area contributed by atoms with Crippen LogP contribution in [0.1, 0.15) is 24.8 Å². The van der Waals surface area contributed by atoms with Crippen molar-refractivity contribution in [2.45, 2.75) is 30.8 Å². The Balaban J connectivity index is 2.07. The zero-order valence-corrected chi connectivity index (χ0v) is 7.91. The standard InChI is InChI=1S/C12H13FO/c13-10-4-2-1-3-9(10)12-6-5-8(7-12)11(12)14/h1-4,8,11,14H,5-7H2. The van der Waals surface area contributed by atoms with Gasteiger partial charge in [-0.3, -0.25) is 0 Å². The third-order valence-electron chi connectivity index (χ3n) is 4.01. The Morgan fingerprint density at radius 2 is 2.14 bits per heavy atom. The minimum atomic E-state index is -0.306. The molecule has 0 spiro atoms. The molecule has 1 nitrogen and oxygen atoms in total. The topological polar surface area (TPSA) is 20.2 Å². The van der Waals surface area contributed by atoms with Crippen LogP contribution >= 0.6 is 0 Å². The van der Waals surface area contributed by atoms with Crippen LogP contribution in [-0.4, -0.2) is 11.2 Å². The first-order valence-corrected chi connectivity index (χ1v) is 5.17. The van der Waals surface area contributed by atoms with Gasteiger partial charge in [-0.15, -0.1) is 0 Å². The van der Waals surface area contributed by atoms with Crippen LogP contribution in [-0.2, 0) is 5.41 Å². The molecule has 0 amide bonds. The average Bonchev–Trinajstić information content (AvgIpc) is 2.76. The van der Waals surface area contributed by atoms with Crippen molar-refractivity contribution < 1.29 is 9.50 Å². The second-order valence-corrected chi connectivity index (χ2v) is 4.58. The maximum atomic E-state index is 13.6. The summed E-state index contributed by atoms with van der Waals surface area (Å²) >= 11 is 0. The van der Waals surface area contributed by atoms with Gasteiger partial charge in [-0.2, -0.15) is 0 Å². The lowest BCUT2D eigenvalue weighted by molar-refractivity contribution is -0.0191. The van der Waals surface area contributed by atoms with Gasteiger partial charge >= 0.3 is 0 Å². The fourth-order valence-electron chi connectivity index (χ4n) is 3.21. The molecule has 1 aromatic rings. The van der Waals surface area contributed by atoms with Crippen molar-refractivity contribution >= 4 is 0 Å². The molecule has 1 aromatic carbocycles. The summed E-state index contributed by atoms with van der Waals surface area (Å²) in [6.07, 6.45) is 2.66. The fourth-order valence-corrected chi connectivity index (χ4v) is 3.21. The van der Waals surface area contributed by atoms with Crippen LogP contribution in [0.4, 0.5) is 4.39 Å². The summed E-state index contributed by atoms with van der Waals surface area (Å²) in [4.78, 5) is 0. The highest BCUT2D eigenvalue weighted by molar-refractivity contribution is 5.35. The molecular formula is C12H13FO. The Labute approximate surface area is 82.6 Å². The lowest BCUT2D eigenvalue weighted by Gasteiger charge is -2.44. The molecule has 3 unspecified atom stereocenters. The van der Waals surface area contributed by atoms with Crippen LogP contribution in [0.25, 0.3) is 0 Å². The van der Waals surface area contributed by atoms with Crippen molar-refractivity contribution in [3.8, 4) is 0 Å². The number of fused-ring (bicyclic) bond motifs is 1. The normalized spacial score (nSPS) is 39.6. The second-order valence-electron chi connectivity index (χ2n) is 4.58. The molecule has 0 radical (unpaired) electrons. The minimum absolute atomic E-state index is 0.160. The molecule has 3 atom stereocenters. The molecule has 3 saturated carbocycles. The number of hydrogen-bond donors (Lipinski definition) is 1. The smallest absolute Gasteiger partial charge is 0.127 e. The van der Waals surface area contributed by atoms with Crippen LogP contribution in [0.3, 0.4) is 0 Å². The summed E-state index contributed by atoms with van der Waals surface area (Å²) in [5.41, 5.74) is 0.483. The first-order valence-electron chi connectivity index (χ1n) is 5.17.